The minimum Gasteiger partial charge on any atom is -0.481 e. The summed E-state index contributed by atoms with van der Waals surface area (Å²) in [6.45, 7) is 2.00. The highest BCUT2D eigenvalue weighted by Gasteiger charge is 2.09. The van der Waals surface area contributed by atoms with Crippen molar-refractivity contribution in [1.82, 2.24) is 10.3 Å². The summed E-state index contributed by atoms with van der Waals surface area (Å²) in [5, 5.41) is 3.31. The van der Waals surface area contributed by atoms with Gasteiger partial charge in [0.2, 0.25) is 5.88 Å². The van der Waals surface area contributed by atoms with Crippen LogP contribution in [0.5, 0.6) is 5.88 Å². The van der Waals surface area contributed by atoms with Crippen LogP contribution in [0.15, 0.2) is 12.3 Å². The number of halogens is 2. The van der Waals surface area contributed by atoms with Crippen LogP contribution in [0.2, 0.25) is 0 Å². The number of nitrogens with zero attached hydrogens (tertiary/aromatic N) is 1. The molecule has 0 fully saturated rings. The van der Waals surface area contributed by atoms with Gasteiger partial charge in [0, 0.05) is 18.8 Å². The monoisotopic (exact) mass is 236 g/mol. The fraction of sp³-hybridized carbons (Fsp3) is 0.444. The lowest BCUT2D eigenvalue weighted by Crippen LogP contribution is -2.23. The van der Waals surface area contributed by atoms with Crippen LogP contribution in [0.25, 0.3) is 0 Å². The van der Waals surface area contributed by atoms with Crippen molar-refractivity contribution >= 4 is 24.8 Å². The quantitative estimate of drug-likeness (QED) is 0.805. The Morgan fingerprint density at radius 3 is 2.86 bits per heavy atom. The summed E-state index contributed by atoms with van der Waals surface area (Å²) < 4.78 is 5.04. The molecule has 2 heterocycles. The Balaban J connectivity index is 0.000000845. The third-order valence-corrected chi connectivity index (χ3v) is 2.15. The molecule has 0 bridgehead atoms. The number of nitrogens with one attached hydrogen (secondary N) is 1. The van der Waals surface area contributed by atoms with E-state index in [0.29, 0.717) is 5.88 Å². The van der Waals surface area contributed by atoms with E-state index in [0.717, 1.165) is 19.5 Å². The van der Waals surface area contributed by atoms with Crippen molar-refractivity contribution in [3.8, 4) is 5.88 Å². The van der Waals surface area contributed by atoms with Gasteiger partial charge in [-0.2, -0.15) is 0 Å². The molecule has 80 valence electrons. The Morgan fingerprint density at radius 2 is 2.14 bits per heavy atom. The first-order valence-electron chi connectivity index (χ1n) is 4.12. The summed E-state index contributed by atoms with van der Waals surface area (Å²) in [5.74, 6) is 0.706. The number of hydrogen-bond acceptors (Lipinski definition) is 3. The molecule has 0 aliphatic carbocycles. The van der Waals surface area contributed by atoms with E-state index in [1.54, 1.807) is 7.11 Å². The average molecular weight is 237 g/mol. The Hall–Kier alpha value is -0.510. The highest BCUT2D eigenvalue weighted by molar-refractivity contribution is 5.85. The zero-order valence-corrected chi connectivity index (χ0v) is 9.58. The maximum Gasteiger partial charge on any atom is 0.213 e. The average Bonchev–Trinajstić information content (AvgIpc) is 2.17. The van der Waals surface area contributed by atoms with E-state index in [2.05, 4.69) is 10.3 Å². The number of hydrogen-bond donors (Lipinski definition) is 1. The summed E-state index contributed by atoms with van der Waals surface area (Å²) in [7, 11) is 1.64. The summed E-state index contributed by atoms with van der Waals surface area (Å²) >= 11 is 0. The van der Waals surface area contributed by atoms with Gasteiger partial charge in [-0.15, -0.1) is 24.8 Å². The van der Waals surface area contributed by atoms with Gasteiger partial charge in [0.1, 0.15) is 0 Å². The molecule has 0 amide bonds. The maximum absolute atomic E-state index is 5.04. The molecule has 14 heavy (non-hydrogen) atoms. The molecule has 1 aliphatic rings. The van der Waals surface area contributed by atoms with E-state index in [1.165, 1.54) is 11.1 Å². The Labute approximate surface area is 96.1 Å². The molecule has 1 aromatic rings. The zero-order chi connectivity index (χ0) is 8.39. The molecule has 0 saturated heterocycles. The van der Waals surface area contributed by atoms with E-state index in [-0.39, 0.29) is 24.8 Å². The molecule has 0 unspecified atom stereocenters. The molecule has 5 heteroatoms. The number of pyridine rings is 1. The van der Waals surface area contributed by atoms with Gasteiger partial charge in [0.05, 0.1) is 7.11 Å². The minimum atomic E-state index is 0. The predicted octanol–water partition coefficient (Wildman–Crippen LogP) is 1.58. The van der Waals surface area contributed by atoms with E-state index >= 15 is 0 Å². The minimum absolute atomic E-state index is 0. The summed E-state index contributed by atoms with van der Waals surface area (Å²) in [6.07, 6.45) is 2.99. The number of rotatable bonds is 1. The third kappa shape index (κ3) is 2.74. The lowest BCUT2D eigenvalue weighted by molar-refractivity contribution is 0.396. The molecule has 0 radical (unpaired) electrons. The first kappa shape index (κ1) is 13.5. The van der Waals surface area contributed by atoms with Crippen LogP contribution in [-0.4, -0.2) is 18.6 Å². The van der Waals surface area contributed by atoms with E-state index in [1.807, 2.05) is 12.3 Å². The van der Waals surface area contributed by atoms with Gasteiger partial charge in [-0.05, 0) is 24.1 Å². The Morgan fingerprint density at radius 1 is 1.36 bits per heavy atom. The lowest BCUT2D eigenvalue weighted by atomic mass is 10.0. The highest BCUT2D eigenvalue weighted by Crippen LogP contribution is 2.16. The van der Waals surface area contributed by atoms with Gasteiger partial charge < -0.3 is 10.1 Å². The Bertz CT molecular complexity index is 294. The SMILES string of the molecule is COc1cc2c(cn1)CCNC2.Cl.Cl. The second-order valence-corrected chi connectivity index (χ2v) is 2.92. The normalized spacial score (nSPS) is 13.2. The third-order valence-electron chi connectivity index (χ3n) is 2.15. The molecule has 3 nitrogen and oxygen atoms in total. The number of ether oxygens (including phenoxy) is 1. The first-order valence-corrected chi connectivity index (χ1v) is 4.12. The number of methoxy groups -OCH3 is 1. The first-order chi connectivity index (χ1) is 5.90. The van der Waals surface area contributed by atoms with Gasteiger partial charge in [-0.3, -0.25) is 0 Å². The van der Waals surface area contributed by atoms with Crippen molar-refractivity contribution in [2.24, 2.45) is 0 Å². The fourth-order valence-electron chi connectivity index (χ4n) is 1.45. The van der Waals surface area contributed by atoms with E-state index in [9.17, 15) is 0 Å². The fourth-order valence-corrected chi connectivity index (χ4v) is 1.45. The van der Waals surface area contributed by atoms with Gasteiger partial charge >= 0.3 is 0 Å². The Kier molecular flexibility index (Phi) is 5.84. The van der Waals surface area contributed by atoms with Gasteiger partial charge in [0.15, 0.2) is 0 Å². The van der Waals surface area contributed by atoms with Crippen LogP contribution >= 0.6 is 24.8 Å². The zero-order valence-electron chi connectivity index (χ0n) is 7.95. The summed E-state index contributed by atoms with van der Waals surface area (Å²) in [6, 6.07) is 2.00. The molecule has 0 saturated carbocycles. The smallest absolute Gasteiger partial charge is 0.213 e. The van der Waals surface area contributed by atoms with Crippen molar-refractivity contribution in [1.29, 1.82) is 0 Å². The van der Waals surface area contributed by atoms with Crippen LogP contribution < -0.4 is 10.1 Å². The van der Waals surface area contributed by atoms with Crippen LogP contribution in [0, 0.1) is 0 Å². The number of fused-ring (bicyclic) bond motifs is 1. The molecular formula is C9H14Cl2N2O. The van der Waals surface area contributed by atoms with E-state index < -0.39 is 0 Å². The molecule has 0 atom stereocenters. The molecule has 0 spiro atoms. The van der Waals surface area contributed by atoms with Crippen LogP contribution in [0.3, 0.4) is 0 Å². The van der Waals surface area contributed by atoms with Crippen molar-refractivity contribution < 1.29 is 4.74 Å². The molecule has 1 aromatic heterocycles. The molecule has 2 rings (SSSR count). The van der Waals surface area contributed by atoms with Crippen molar-refractivity contribution in [2.45, 2.75) is 13.0 Å². The lowest BCUT2D eigenvalue weighted by Gasteiger charge is -2.16. The standard InChI is InChI=1S/C9H12N2O.2ClH/c1-12-9-4-8-5-10-3-2-7(8)6-11-9;;/h4,6,10H,2-3,5H2,1H3;2*1H. The molecule has 0 aromatic carbocycles. The van der Waals surface area contributed by atoms with Gasteiger partial charge in [0.25, 0.3) is 0 Å². The van der Waals surface area contributed by atoms with E-state index in [4.69, 9.17) is 4.74 Å². The van der Waals surface area contributed by atoms with Crippen molar-refractivity contribution in [3.05, 3.63) is 23.4 Å². The number of aromatic nitrogens is 1. The second-order valence-electron chi connectivity index (χ2n) is 2.92. The second kappa shape index (κ2) is 6.06. The van der Waals surface area contributed by atoms with Gasteiger partial charge in [-0.1, -0.05) is 0 Å². The van der Waals surface area contributed by atoms with Crippen molar-refractivity contribution in [2.75, 3.05) is 13.7 Å². The molecule has 1 aliphatic heterocycles. The highest BCUT2D eigenvalue weighted by atomic mass is 35.5. The predicted molar refractivity (Wildman–Crippen MR) is 60.7 cm³/mol. The summed E-state index contributed by atoms with van der Waals surface area (Å²) in [4.78, 5) is 4.16. The summed E-state index contributed by atoms with van der Waals surface area (Å²) in [5.41, 5.74) is 2.66. The van der Waals surface area contributed by atoms with Crippen LogP contribution in [0.1, 0.15) is 11.1 Å². The van der Waals surface area contributed by atoms with Crippen LogP contribution in [-0.2, 0) is 13.0 Å². The van der Waals surface area contributed by atoms with Gasteiger partial charge in [-0.25, -0.2) is 4.98 Å². The van der Waals surface area contributed by atoms with Crippen LogP contribution in [0.4, 0.5) is 0 Å². The largest absolute Gasteiger partial charge is 0.481 e. The molecular weight excluding hydrogens is 223 g/mol. The maximum atomic E-state index is 5.04. The molecule has 1 N–H and O–H groups in total. The van der Waals surface area contributed by atoms with Crippen molar-refractivity contribution in [3.63, 3.8) is 0 Å². The topological polar surface area (TPSA) is 34.1 Å².